The number of nitrogens with zero attached hydrogens (tertiary/aromatic N) is 5. The van der Waals surface area contributed by atoms with Crippen molar-refractivity contribution >= 4 is 0 Å². The molecule has 0 N–H and O–H groups in total. The van der Waals surface area contributed by atoms with E-state index < -0.39 is 0 Å². The number of hydrogen-bond donors (Lipinski definition) is 0. The van der Waals surface area contributed by atoms with Gasteiger partial charge in [-0.05, 0) is 19.9 Å². The maximum absolute atomic E-state index is 8.67. The normalized spacial score (nSPS) is 17.8. The molecule has 0 spiro atoms. The number of aromatic nitrogens is 2. The molecule has 1 aromatic heterocycles. The zero-order valence-electron chi connectivity index (χ0n) is 11.3. The topological polar surface area (TPSA) is 48.1 Å². The van der Waals surface area contributed by atoms with Crippen molar-refractivity contribution in [1.29, 1.82) is 5.26 Å². The summed E-state index contributed by atoms with van der Waals surface area (Å²) in [6.07, 6.45) is 0. The Morgan fingerprint density at radius 1 is 1.28 bits per heavy atom. The number of piperazine rings is 1. The third kappa shape index (κ3) is 3.09. The minimum atomic E-state index is 0.555. The number of hydrogen-bond acceptors (Lipinski definition) is 4. The summed E-state index contributed by atoms with van der Waals surface area (Å²) < 4.78 is 2.08. The van der Waals surface area contributed by atoms with Gasteiger partial charge in [-0.2, -0.15) is 10.4 Å². The fourth-order valence-corrected chi connectivity index (χ4v) is 2.43. The number of nitriles is 1. The minimum Gasteiger partial charge on any atom is -0.295 e. The van der Waals surface area contributed by atoms with Crippen LogP contribution in [0.5, 0.6) is 0 Å². The van der Waals surface area contributed by atoms with Crippen molar-refractivity contribution < 1.29 is 0 Å². The summed E-state index contributed by atoms with van der Waals surface area (Å²) in [4.78, 5) is 4.65. The van der Waals surface area contributed by atoms with E-state index in [1.54, 1.807) is 0 Å². The van der Waals surface area contributed by atoms with Gasteiger partial charge in [-0.1, -0.05) is 0 Å². The van der Waals surface area contributed by atoms with Crippen molar-refractivity contribution in [2.24, 2.45) is 0 Å². The quantitative estimate of drug-likeness (QED) is 0.740. The maximum atomic E-state index is 8.67. The van der Waals surface area contributed by atoms with Gasteiger partial charge in [-0.3, -0.25) is 14.5 Å². The Kier molecular flexibility index (Phi) is 4.34. The van der Waals surface area contributed by atoms with E-state index >= 15 is 0 Å². The van der Waals surface area contributed by atoms with E-state index in [-0.39, 0.29) is 0 Å². The minimum absolute atomic E-state index is 0.555. The lowest BCUT2D eigenvalue weighted by Gasteiger charge is -2.33. The van der Waals surface area contributed by atoms with Crippen LogP contribution < -0.4 is 0 Å². The van der Waals surface area contributed by atoms with Crippen molar-refractivity contribution in [3.63, 3.8) is 0 Å². The molecule has 0 bridgehead atoms. The van der Waals surface area contributed by atoms with Gasteiger partial charge in [0.25, 0.3) is 0 Å². The molecular formula is C13H21N5. The Bertz CT molecular complexity index is 423. The van der Waals surface area contributed by atoms with Crippen molar-refractivity contribution in [2.75, 3.05) is 32.7 Å². The van der Waals surface area contributed by atoms with Crippen molar-refractivity contribution in [3.8, 4) is 6.07 Å². The molecule has 0 radical (unpaired) electrons. The summed E-state index contributed by atoms with van der Waals surface area (Å²) >= 11 is 0. The molecular weight excluding hydrogens is 226 g/mol. The van der Waals surface area contributed by atoms with Crippen LogP contribution in [0.25, 0.3) is 0 Å². The Morgan fingerprint density at radius 2 is 1.94 bits per heavy atom. The first-order chi connectivity index (χ1) is 8.72. The van der Waals surface area contributed by atoms with E-state index in [9.17, 15) is 0 Å². The van der Waals surface area contributed by atoms with E-state index in [1.165, 1.54) is 5.69 Å². The molecule has 1 aliphatic heterocycles. The zero-order chi connectivity index (χ0) is 13.0. The molecule has 1 aromatic rings. The summed E-state index contributed by atoms with van der Waals surface area (Å²) in [5.41, 5.74) is 2.39. The first-order valence-corrected chi connectivity index (χ1v) is 6.58. The Balaban J connectivity index is 1.89. The molecule has 0 aliphatic carbocycles. The van der Waals surface area contributed by atoms with Gasteiger partial charge in [-0.25, -0.2) is 0 Å². The summed E-state index contributed by atoms with van der Waals surface area (Å²) in [5, 5.41) is 13.1. The van der Waals surface area contributed by atoms with E-state index in [4.69, 9.17) is 5.26 Å². The predicted molar refractivity (Wildman–Crippen MR) is 70.0 cm³/mol. The van der Waals surface area contributed by atoms with Crippen LogP contribution in [0, 0.1) is 18.3 Å². The first-order valence-electron chi connectivity index (χ1n) is 6.58. The van der Waals surface area contributed by atoms with Gasteiger partial charge in [0, 0.05) is 39.3 Å². The van der Waals surface area contributed by atoms with Crippen LogP contribution >= 0.6 is 0 Å². The van der Waals surface area contributed by atoms with Crippen molar-refractivity contribution in [1.82, 2.24) is 19.6 Å². The van der Waals surface area contributed by atoms with Crippen LogP contribution in [-0.4, -0.2) is 52.3 Å². The largest absolute Gasteiger partial charge is 0.295 e. The second kappa shape index (κ2) is 5.98. The lowest BCUT2D eigenvalue weighted by Crippen LogP contribution is -2.46. The molecule has 0 aromatic carbocycles. The molecule has 1 saturated heterocycles. The fraction of sp³-hybridized carbons (Fsp3) is 0.692. The van der Waals surface area contributed by atoms with Gasteiger partial charge in [0.2, 0.25) is 0 Å². The number of rotatable bonds is 4. The van der Waals surface area contributed by atoms with Gasteiger partial charge in [0.15, 0.2) is 0 Å². The van der Waals surface area contributed by atoms with Crippen LogP contribution in [0.2, 0.25) is 0 Å². The van der Waals surface area contributed by atoms with Gasteiger partial charge in [0.05, 0.1) is 24.0 Å². The molecule has 2 heterocycles. The number of aryl methyl sites for hydroxylation is 2. The SMILES string of the molecule is CCn1nc(C)cc1CN1CCN(CC#N)CC1. The molecule has 5 heteroatoms. The maximum Gasteiger partial charge on any atom is 0.0866 e. The van der Waals surface area contributed by atoms with Gasteiger partial charge in [0.1, 0.15) is 0 Å². The summed E-state index contributed by atoms with van der Waals surface area (Å²) in [5.74, 6) is 0. The third-order valence-electron chi connectivity index (χ3n) is 3.43. The molecule has 0 amide bonds. The molecule has 5 nitrogen and oxygen atoms in total. The standard InChI is InChI=1S/C13H21N5/c1-3-18-13(10-12(2)15-18)11-17-8-6-16(5-4-14)7-9-17/h10H,3,5-9,11H2,1-2H3. The molecule has 18 heavy (non-hydrogen) atoms. The van der Waals surface area contributed by atoms with Crippen LogP contribution in [0.15, 0.2) is 6.07 Å². The highest BCUT2D eigenvalue weighted by molar-refractivity contribution is 5.09. The van der Waals surface area contributed by atoms with E-state index in [0.717, 1.165) is 45.0 Å². The van der Waals surface area contributed by atoms with Crippen LogP contribution in [0.3, 0.4) is 0 Å². The molecule has 1 aliphatic rings. The van der Waals surface area contributed by atoms with Gasteiger partial charge >= 0.3 is 0 Å². The highest BCUT2D eigenvalue weighted by atomic mass is 15.3. The van der Waals surface area contributed by atoms with Crippen LogP contribution in [0.1, 0.15) is 18.3 Å². The monoisotopic (exact) mass is 247 g/mol. The highest BCUT2D eigenvalue weighted by Gasteiger charge is 2.17. The molecule has 0 atom stereocenters. The van der Waals surface area contributed by atoms with E-state index in [1.807, 2.05) is 6.92 Å². The van der Waals surface area contributed by atoms with Crippen LogP contribution in [-0.2, 0) is 13.1 Å². The van der Waals surface area contributed by atoms with Gasteiger partial charge in [-0.15, -0.1) is 0 Å². The lowest BCUT2D eigenvalue weighted by molar-refractivity contribution is 0.135. The summed E-state index contributed by atoms with van der Waals surface area (Å²) in [6.45, 7) is 10.7. The Morgan fingerprint density at radius 3 is 2.56 bits per heavy atom. The Hall–Kier alpha value is -1.38. The predicted octanol–water partition coefficient (Wildman–Crippen LogP) is 0.853. The second-order valence-electron chi connectivity index (χ2n) is 4.80. The van der Waals surface area contributed by atoms with Crippen LogP contribution in [0.4, 0.5) is 0 Å². The smallest absolute Gasteiger partial charge is 0.0866 e. The van der Waals surface area contributed by atoms with E-state index in [0.29, 0.717) is 6.54 Å². The first kappa shape index (κ1) is 13.1. The Labute approximate surface area is 109 Å². The fourth-order valence-electron chi connectivity index (χ4n) is 2.43. The van der Waals surface area contributed by atoms with Crippen molar-refractivity contribution in [3.05, 3.63) is 17.5 Å². The lowest BCUT2D eigenvalue weighted by atomic mass is 10.2. The summed E-state index contributed by atoms with van der Waals surface area (Å²) in [6, 6.07) is 4.39. The summed E-state index contributed by atoms with van der Waals surface area (Å²) in [7, 11) is 0. The average molecular weight is 247 g/mol. The molecule has 2 rings (SSSR count). The molecule has 0 unspecified atom stereocenters. The highest BCUT2D eigenvalue weighted by Crippen LogP contribution is 2.10. The third-order valence-corrected chi connectivity index (χ3v) is 3.43. The second-order valence-corrected chi connectivity index (χ2v) is 4.80. The zero-order valence-corrected chi connectivity index (χ0v) is 11.3. The molecule has 1 fully saturated rings. The van der Waals surface area contributed by atoms with E-state index in [2.05, 4.69) is 38.6 Å². The molecule has 0 saturated carbocycles. The van der Waals surface area contributed by atoms with Crippen molar-refractivity contribution in [2.45, 2.75) is 26.9 Å². The average Bonchev–Trinajstić information content (AvgIpc) is 2.72. The van der Waals surface area contributed by atoms with Gasteiger partial charge < -0.3 is 0 Å². The molecule has 98 valence electrons.